The Morgan fingerprint density at radius 2 is 2.12 bits per heavy atom. The Labute approximate surface area is 102 Å². The number of carbonyl (C=O) groups is 1. The van der Waals surface area contributed by atoms with Gasteiger partial charge in [0.05, 0.1) is 6.04 Å². The Hall–Kier alpha value is -1.35. The lowest BCUT2D eigenvalue weighted by molar-refractivity contribution is -0.158. The van der Waals surface area contributed by atoms with E-state index in [1.54, 1.807) is 0 Å². The maximum atomic E-state index is 11.8. The smallest absolute Gasteiger partial charge is 0.326 e. The average molecular weight is 233 g/mol. The molecule has 0 radical (unpaired) electrons. The number of benzene rings is 1. The van der Waals surface area contributed by atoms with E-state index in [1.165, 1.54) is 5.56 Å². The predicted molar refractivity (Wildman–Crippen MR) is 66.6 cm³/mol. The van der Waals surface area contributed by atoms with Crippen molar-refractivity contribution in [2.45, 2.75) is 38.3 Å². The summed E-state index contributed by atoms with van der Waals surface area (Å²) in [4.78, 5) is 11.8. The van der Waals surface area contributed by atoms with Gasteiger partial charge in [0, 0.05) is 0 Å². The molecule has 1 saturated heterocycles. The Bertz CT molecular complexity index is 390. The normalized spacial score (nSPS) is 28.8. The van der Waals surface area contributed by atoms with Gasteiger partial charge in [-0.1, -0.05) is 43.7 Å². The van der Waals surface area contributed by atoms with Crippen LogP contribution < -0.4 is 5.32 Å². The van der Waals surface area contributed by atoms with E-state index in [1.807, 2.05) is 25.1 Å². The third kappa shape index (κ3) is 2.50. The number of nitrogens with one attached hydrogen (secondary N) is 1. The van der Waals surface area contributed by atoms with E-state index in [-0.39, 0.29) is 12.0 Å². The van der Waals surface area contributed by atoms with Crippen LogP contribution in [-0.2, 0) is 9.53 Å². The van der Waals surface area contributed by atoms with E-state index >= 15 is 0 Å². The first-order chi connectivity index (χ1) is 8.15. The summed E-state index contributed by atoms with van der Waals surface area (Å²) in [5, 5.41) is 3.42. The number of ether oxygens (including phenoxy) is 1. The minimum atomic E-state index is -0.548. The predicted octanol–water partition coefficient (Wildman–Crippen LogP) is 2.43. The molecule has 1 aliphatic rings. The first kappa shape index (κ1) is 12.1. The van der Waals surface area contributed by atoms with Crippen LogP contribution in [0.15, 0.2) is 30.3 Å². The molecular weight excluding hydrogens is 214 g/mol. The van der Waals surface area contributed by atoms with E-state index in [0.717, 1.165) is 12.8 Å². The van der Waals surface area contributed by atoms with E-state index in [9.17, 15) is 4.79 Å². The standard InChI is InChI=1S/C14H19NO2/c1-3-9-14(2)13(16)17-10-12(15-14)11-7-5-4-6-8-11/h4-8,12,15H,3,9-10H2,1-2H3/t12-,14+/m1/s1. The van der Waals surface area contributed by atoms with Crippen LogP contribution >= 0.6 is 0 Å². The van der Waals surface area contributed by atoms with Crippen LogP contribution in [-0.4, -0.2) is 18.1 Å². The van der Waals surface area contributed by atoms with Crippen LogP contribution in [0.2, 0.25) is 0 Å². The molecule has 1 fully saturated rings. The van der Waals surface area contributed by atoms with Crippen molar-refractivity contribution < 1.29 is 9.53 Å². The fourth-order valence-electron chi connectivity index (χ4n) is 2.34. The van der Waals surface area contributed by atoms with Gasteiger partial charge in [-0.3, -0.25) is 10.1 Å². The molecule has 0 aliphatic carbocycles. The van der Waals surface area contributed by atoms with Crippen molar-refractivity contribution >= 4 is 5.97 Å². The topological polar surface area (TPSA) is 38.3 Å². The monoisotopic (exact) mass is 233 g/mol. The number of rotatable bonds is 3. The molecule has 2 atom stereocenters. The number of hydrogen-bond donors (Lipinski definition) is 1. The number of esters is 1. The number of carbonyl (C=O) groups excluding carboxylic acids is 1. The molecule has 1 heterocycles. The second-order valence-electron chi connectivity index (χ2n) is 4.79. The Morgan fingerprint density at radius 1 is 1.41 bits per heavy atom. The van der Waals surface area contributed by atoms with Crippen LogP contribution in [0.25, 0.3) is 0 Å². The maximum Gasteiger partial charge on any atom is 0.326 e. The first-order valence-corrected chi connectivity index (χ1v) is 6.15. The summed E-state index contributed by atoms with van der Waals surface area (Å²) in [6.07, 6.45) is 1.76. The third-order valence-corrected chi connectivity index (χ3v) is 3.28. The second-order valence-corrected chi connectivity index (χ2v) is 4.79. The highest BCUT2D eigenvalue weighted by molar-refractivity contribution is 5.81. The van der Waals surface area contributed by atoms with Crippen molar-refractivity contribution in [1.82, 2.24) is 5.32 Å². The SMILES string of the molecule is CCC[C@]1(C)N[C@@H](c2ccccc2)COC1=O. The van der Waals surface area contributed by atoms with E-state index < -0.39 is 5.54 Å². The lowest BCUT2D eigenvalue weighted by atomic mass is 9.92. The molecule has 0 amide bonds. The fraction of sp³-hybridized carbons (Fsp3) is 0.500. The van der Waals surface area contributed by atoms with Gasteiger partial charge >= 0.3 is 5.97 Å². The zero-order valence-electron chi connectivity index (χ0n) is 10.4. The molecular formula is C14H19NO2. The Morgan fingerprint density at radius 3 is 2.76 bits per heavy atom. The molecule has 0 aromatic heterocycles. The van der Waals surface area contributed by atoms with Gasteiger partial charge in [-0.2, -0.15) is 0 Å². The van der Waals surface area contributed by atoms with Crippen LogP contribution in [0.3, 0.4) is 0 Å². The zero-order chi connectivity index (χ0) is 12.3. The van der Waals surface area contributed by atoms with Gasteiger partial charge in [0.25, 0.3) is 0 Å². The summed E-state index contributed by atoms with van der Waals surface area (Å²) in [5.41, 5.74) is 0.621. The van der Waals surface area contributed by atoms with Crippen LogP contribution in [0.4, 0.5) is 0 Å². The van der Waals surface area contributed by atoms with E-state index in [2.05, 4.69) is 24.4 Å². The summed E-state index contributed by atoms with van der Waals surface area (Å²) in [6, 6.07) is 10.2. The highest BCUT2D eigenvalue weighted by atomic mass is 16.5. The van der Waals surface area contributed by atoms with E-state index in [0.29, 0.717) is 6.61 Å². The zero-order valence-corrected chi connectivity index (χ0v) is 10.4. The van der Waals surface area contributed by atoms with E-state index in [4.69, 9.17) is 4.74 Å². The van der Waals surface area contributed by atoms with Crippen molar-refractivity contribution in [1.29, 1.82) is 0 Å². The summed E-state index contributed by atoms with van der Waals surface area (Å²) in [5.74, 6) is -0.133. The van der Waals surface area contributed by atoms with Gasteiger partial charge in [-0.05, 0) is 18.9 Å². The molecule has 1 aromatic rings. The number of cyclic esters (lactones) is 1. The molecule has 0 unspecified atom stereocenters. The minimum absolute atomic E-state index is 0.102. The van der Waals surface area contributed by atoms with Crippen molar-refractivity contribution in [3.63, 3.8) is 0 Å². The van der Waals surface area contributed by atoms with Crippen molar-refractivity contribution in [3.8, 4) is 0 Å². The molecule has 92 valence electrons. The maximum absolute atomic E-state index is 11.8. The lowest BCUT2D eigenvalue weighted by Gasteiger charge is -2.38. The van der Waals surface area contributed by atoms with Crippen molar-refractivity contribution in [2.75, 3.05) is 6.61 Å². The summed E-state index contributed by atoms with van der Waals surface area (Å²) < 4.78 is 5.31. The third-order valence-electron chi connectivity index (χ3n) is 3.28. The molecule has 1 aliphatic heterocycles. The quantitative estimate of drug-likeness (QED) is 0.815. The number of hydrogen-bond acceptors (Lipinski definition) is 3. The molecule has 3 heteroatoms. The van der Waals surface area contributed by atoms with Crippen molar-refractivity contribution in [3.05, 3.63) is 35.9 Å². The lowest BCUT2D eigenvalue weighted by Crippen LogP contribution is -2.56. The molecule has 17 heavy (non-hydrogen) atoms. The molecule has 3 nitrogen and oxygen atoms in total. The van der Waals surface area contributed by atoms with Gasteiger partial charge in [0.1, 0.15) is 12.1 Å². The average Bonchev–Trinajstić information content (AvgIpc) is 2.34. The molecule has 0 bridgehead atoms. The number of morpholine rings is 1. The Kier molecular flexibility index (Phi) is 3.48. The highest BCUT2D eigenvalue weighted by Crippen LogP contribution is 2.26. The van der Waals surface area contributed by atoms with Gasteiger partial charge in [-0.25, -0.2) is 0 Å². The summed E-state index contributed by atoms with van der Waals surface area (Å²) in [6.45, 7) is 4.42. The van der Waals surface area contributed by atoms with Crippen LogP contribution in [0.5, 0.6) is 0 Å². The molecule has 2 rings (SSSR count). The molecule has 0 spiro atoms. The molecule has 0 saturated carbocycles. The van der Waals surface area contributed by atoms with Crippen LogP contribution in [0, 0.1) is 0 Å². The van der Waals surface area contributed by atoms with Crippen molar-refractivity contribution in [2.24, 2.45) is 0 Å². The van der Waals surface area contributed by atoms with Gasteiger partial charge in [-0.15, -0.1) is 0 Å². The molecule has 1 aromatic carbocycles. The highest BCUT2D eigenvalue weighted by Gasteiger charge is 2.40. The Balaban J connectivity index is 2.16. The van der Waals surface area contributed by atoms with Gasteiger partial charge in [0.2, 0.25) is 0 Å². The minimum Gasteiger partial charge on any atom is -0.462 e. The largest absolute Gasteiger partial charge is 0.462 e. The first-order valence-electron chi connectivity index (χ1n) is 6.15. The molecule has 1 N–H and O–H groups in total. The summed E-state index contributed by atoms with van der Waals surface area (Å²) in [7, 11) is 0. The fourth-order valence-corrected chi connectivity index (χ4v) is 2.34. The van der Waals surface area contributed by atoms with Gasteiger partial charge < -0.3 is 4.74 Å². The van der Waals surface area contributed by atoms with Gasteiger partial charge in [0.15, 0.2) is 0 Å². The second kappa shape index (κ2) is 4.88. The summed E-state index contributed by atoms with van der Waals surface area (Å²) >= 11 is 0. The van der Waals surface area contributed by atoms with Crippen LogP contribution in [0.1, 0.15) is 38.3 Å².